The van der Waals surface area contributed by atoms with Gasteiger partial charge in [0.05, 0.1) is 11.1 Å². The van der Waals surface area contributed by atoms with Gasteiger partial charge in [0.1, 0.15) is 5.75 Å². The number of rotatable bonds is 4. The highest BCUT2D eigenvalue weighted by Gasteiger charge is 2.27. The van der Waals surface area contributed by atoms with Gasteiger partial charge in [-0.25, -0.2) is 0 Å². The molecule has 1 unspecified atom stereocenters. The highest BCUT2D eigenvalue weighted by Crippen LogP contribution is 2.32. The van der Waals surface area contributed by atoms with Gasteiger partial charge in [0.25, 0.3) is 5.91 Å². The Morgan fingerprint density at radius 3 is 2.80 bits per heavy atom. The first-order valence-corrected chi connectivity index (χ1v) is 6.63. The summed E-state index contributed by atoms with van der Waals surface area (Å²) in [5, 5.41) is 11.9. The Hall–Kier alpha value is -2.04. The summed E-state index contributed by atoms with van der Waals surface area (Å²) in [6.07, 6.45) is 0.684. The molecule has 1 atom stereocenters. The molecule has 1 aliphatic rings. The second-order valence-corrected chi connectivity index (χ2v) is 5.77. The van der Waals surface area contributed by atoms with Crippen molar-refractivity contribution in [3.8, 4) is 5.75 Å². The normalized spacial score (nSPS) is 17.9. The van der Waals surface area contributed by atoms with Crippen LogP contribution in [0.15, 0.2) is 18.2 Å². The predicted octanol–water partition coefficient (Wildman–Crippen LogP) is 2.45. The van der Waals surface area contributed by atoms with Gasteiger partial charge in [-0.05, 0) is 51.3 Å². The van der Waals surface area contributed by atoms with Crippen LogP contribution < -0.4 is 10.1 Å². The summed E-state index contributed by atoms with van der Waals surface area (Å²) in [5.74, 6) is -0.320. The Labute approximate surface area is 117 Å². The van der Waals surface area contributed by atoms with Crippen molar-refractivity contribution in [1.29, 1.82) is 0 Å². The summed E-state index contributed by atoms with van der Waals surface area (Å²) in [5.41, 5.74) is 0.875. The van der Waals surface area contributed by atoms with Crippen LogP contribution in [0.4, 0.5) is 5.69 Å². The minimum absolute atomic E-state index is 0.166. The van der Waals surface area contributed by atoms with E-state index in [4.69, 9.17) is 9.84 Å². The zero-order chi connectivity index (χ0) is 14.9. The van der Waals surface area contributed by atoms with Gasteiger partial charge in [-0.15, -0.1) is 0 Å². The fourth-order valence-corrected chi connectivity index (χ4v) is 1.98. The van der Waals surface area contributed by atoms with Crippen LogP contribution in [0.2, 0.25) is 0 Å². The molecule has 1 amide bonds. The number of aliphatic carboxylic acids is 1. The van der Waals surface area contributed by atoms with Gasteiger partial charge in [-0.1, -0.05) is 6.07 Å². The van der Waals surface area contributed by atoms with E-state index < -0.39 is 17.5 Å². The van der Waals surface area contributed by atoms with Gasteiger partial charge in [-0.2, -0.15) is 0 Å². The third-order valence-corrected chi connectivity index (χ3v) is 3.59. The number of carboxylic acid groups (broad SMARTS) is 1. The molecule has 20 heavy (non-hydrogen) atoms. The number of nitrogens with one attached hydrogen (secondary N) is 1. The van der Waals surface area contributed by atoms with E-state index in [2.05, 4.69) is 5.32 Å². The number of carbonyl (C=O) groups excluding carboxylic acids is 1. The molecule has 0 fully saturated rings. The van der Waals surface area contributed by atoms with E-state index in [1.807, 2.05) is 18.2 Å². The molecule has 5 nitrogen and oxygen atoms in total. The van der Waals surface area contributed by atoms with Gasteiger partial charge in [0, 0.05) is 0 Å². The molecule has 1 aromatic rings. The molecule has 0 spiro atoms. The van der Waals surface area contributed by atoms with Crippen LogP contribution in [0.5, 0.6) is 5.75 Å². The van der Waals surface area contributed by atoms with Crippen LogP contribution in [0.25, 0.3) is 0 Å². The van der Waals surface area contributed by atoms with Crippen molar-refractivity contribution in [3.63, 3.8) is 0 Å². The van der Waals surface area contributed by atoms with E-state index >= 15 is 0 Å². The second kappa shape index (κ2) is 5.15. The van der Waals surface area contributed by atoms with Crippen molar-refractivity contribution in [3.05, 3.63) is 23.8 Å². The van der Waals surface area contributed by atoms with Crippen molar-refractivity contribution in [2.24, 2.45) is 5.41 Å². The Balaban J connectivity index is 2.11. The lowest BCUT2D eigenvalue weighted by Crippen LogP contribution is -2.34. The SMILES string of the molecule is CC1Oc2ccc(CCC(C)(C)C(=O)O)cc2NC1=O. The monoisotopic (exact) mass is 277 g/mol. The standard InChI is InChI=1S/C15H19NO4/c1-9-13(17)16-11-8-10(4-5-12(11)20-9)6-7-15(2,3)14(18)19/h4-5,8-9H,6-7H2,1-3H3,(H,16,17)(H,18,19). The average molecular weight is 277 g/mol. The molecular formula is C15H19NO4. The first-order valence-electron chi connectivity index (χ1n) is 6.63. The van der Waals surface area contributed by atoms with Gasteiger partial charge >= 0.3 is 5.97 Å². The van der Waals surface area contributed by atoms with Crippen LogP contribution in [-0.2, 0) is 16.0 Å². The van der Waals surface area contributed by atoms with E-state index in [9.17, 15) is 9.59 Å². The summed E-state index contributed by atoms with van der Waals surface area (Å²) in [7, 11) is 0. The fraction of sp³-hybridized carbons (Fsp3) is 0.467. The summed E-state index contributed by atoms with van der Waals surface area (Å²) in [6.45, 7) is 5.11. The zero-order valence-electron chi connectivity index (χ0n) is 11.9. The number of aryl methyl sites for hydroxylation is 1. The third-order valence-electron chi connectivity index (χ3n) is 3.59. The number of fused-ring (bicyclic) bond motifs is 1. The summed E-state index contributed by atoms with van der Waals surface area (Å²) < 4.78 is 5.48. The summed E-state index contributed by atoms with van der Waals surface area (Å²) in [6, 6.07) is 5.56. The molecule has 2 N–H and O–H groups in total. The maximum absolute atomic E-state index is 11.6. The smallest absolute Gasteiger partial charge is 0.309 e. The lowest BCUT2D eigenvalue weighted by Gasteiger charge is -2.24. The molecular weight excluding hydrogens is 258 g/mol. The number of amides is 1. The maximum Gasteiger partial charge on any atom is 0.309 e. The van der Waals surface area contributed by atoms with E-state index in [0.29, 0.717) is 24.3 Å². The molecule has 2 rings (SSSR count). The number of benzene rings is 1. The molecule has 0 aromatic heterocycles. The van der Waals surface area contributed by atoms with Crippen molar-refractivity contribution in [2.45, 2.75) is 39.7 Å². The summed E-state index contributed by atoms with van der Waals surface area (Å²) in [4.78, 5) is 22.6. The lowest BCUT2D eigenvalue weighted by molar-refractivity contribution is -0.147. The van der Waals surface area contributed by atoms with Crippen LogP contribution in [0.1, 0.15) is 32.8 Å². The number of hydrogen-bond acceptors (Lipinski definition) is 3. The number of carboxylic acids is 1. The van der Waals surface area contributed by atoms with Gasteiger partial charge in [0.15, 0.2) is 6.10 Å². The van der Waals surface area contributed by atoms with Gasteiger partial charge in [-0.3, -0.25) is 9.59 Å². The molecule has 0 saturated heterocycles. The summed E-state index contributed by atoms with van der Waals surface area (Å²) >= 11 is 0. The van der Waals surface area contributed by atoms with Crippen molar-refractivity contribution in [1.82, 2.24) is 0 Å². The van der Waals surface area contributed by atoms with Crippen LogP contribution in [-0.4, -0.2) is 23.1 Å². The number of ether oxygens (including phenoxy) is 1. The molecule has 1 aromatic carbocycles. The number of carbonyl (C=O) groups is 2. The molecule has 0 saturated carbocycles. The van der Waals surface area contributed by atoms with Gasteiger partial charge < -0.3 is 15.2 Å². The number of anilines is 1. The minimum Gasteiger partial charge on any atom is -0.481 e. The van der Waals surface area contributed by atoms with Crippen molar-refractivity contribution >= 4 is 17.6 Å². The van der Waals surface area contributed by atoms with Crippen LogP contribution >= 0.6 is 0 Å². The average Bonchev–Trinajstić information content (AvgIpc) is 2.37. The third kappa shape index (κ3) is 2.92. The Bertz CT molecular complexity index is 551. The van der Waals surface area contributed by atoms with Crippen molar-refractivity contribution < 1.29 is 19.4 Å². The number of hydrogen-bond donors (Lipinski definition) is 2. The Morgan fingerprint density at radius 2 is 2.15 bits per heavy atom. The first-order chi connectivity index (χ1) is 9.29. The van der Waals surface area contributed by atoms with Crippen LogP contribution in [0, 0.1) is 5.41 Å². The van der Waals surface area contributed by atoms with Crippen LogP contribution in [0.3, 0.4) is 0 Å². The van der Waals surface area contributed by atoms with Crippen molar-refractivity contribution in [2.75, 3.05) is 5.32 Å². The van der Waals surface area contributed by atoms with Gasteiger partial charge in [0.2, 0.25) is 0 Å². The van der Waals surface area contributed by atoms with E-state index in [0.717, 1.165) is 5.56 Å². The molecule has 5 heteroatoms. The van der Waals surface area contributed by atoms with E-state index in [1.54, 1.807) is 20.8 Å². The second-order valence-electron chi connectivity index (χ2n) is 5.77. The highest BCUT2D eigenvalue weighted by molar-refractivity contribution is 5.97. The molecule has 0 radical (unpaired) electrons. The lowest BCUT2D eigenvalue weighted by atomic mass is 9.86. The maximum atomic E-state index is 11.6. The highest BCUT2D eigenvalue weighted by atomic mass is 16.5. The van der Waals surface area contributed by atoms with E-state index in [1.165, 1.54) is 0 Å². The largest absolute Gasteiger partial charge is 0.481 e. The molecule has 0 aliphatic carbocycles. The predicted molar refractivity (Wildman–Crippen MR) is 74.9 cm³/mol. The molecule has 1 aliphatic heterocycles. The minimum atomic E-state index is -0.805. The Kier molecular flexibility index (Phi) is 3.70. The fourth-order valence-electron chi connectivity index (χ4n) is 1.98. The molecule has 1 heterocycles. The molecule has 108 valence electrons. The Morgan fingerprint density at radius 1 is 1.45 bits per heavy atom. The molecule has 0 bridgehead atoms. The van der Waals surface area contributed by atoms with E-state index in [-0.39, 0.29) is 5.91 Å². The topological polar surface area (TPSA) is 75.6 Å². The quantitative estimate of drug-likeness (QED) is 0.886. The first kappa shape index (κ1) is 14.4. The zero-order valence-corrected chi connectivity index (χ0v) is 11.9.